The molecule has 0 amide bonds. The largest absolute Gasteiger partial charge is 0.308 e. The van der Waals surface area contributed by atoms with Crippen LogP contribution in [0.15, 0.2) is 84.9 Å². The maximum Gasteiger partial charge on any atom is 0.270 e. The fourth-order valence-corrected chi connectivity index (χ4v) is 4.49. The van der Waals surface area contributed by atoms with Crippen LogP contribution in [-0.2, 0) is 0 Å². The summed E-state index contributed by atoms with van der Waals surface area (Å²) in [6.45, 7) is 0. The Hall–Kier alpha value is -3.92. The minimum Gasteiger partial charge on any atom is -0.308 e. The lowest BCUT2D eigenvalue weighted by Gasteiger charge is -2.11. The third kappa shape index (κ3) is 1.84. The Kier molecular flexibility index (Phi) is 2.87. The summed E-state index contributed by atoms with van der Waals surface area (Å²) in [4.78, 5) is 11.4. The number of non-ortho nitro benzene ring substituents is 1. The minimum atomic E-state index is -0.303. The number of aromatic nitrogens is 1. The number of nitro groups is 1. The smallest absolute Gasteiger partial charge is 0.270 e. The van der Waals surface area contributed by atoms with Gasteiger partial charge in [0, 0.05) is 34.0 Å². The molecule has 0 radical (unpaired) electrons. The average Bonchev–Trinajstić information content (AvgIpc) is 3.01. The average molecular weight is 362 g/mol. The predicted octanol–water partition coefficient (Wildman–Crippen LogP) is 6.34. The Bertz CT molecular complexity index is 1450. The first kappa shape index (κ1) is 15.2. The van der Waals surface area contributed by atoms with E-state index >= 15 is 0 Å². The standard InChI is InChI=1S/C24H14N2O2/c27-26(28)15-13-20-17-8-2-1-7-16(17)18-9-3-5-11-22(18)25-23-12-6-4-10-19(23)21(14-15)24(20)25/h1-14H. The van der Waals surface area contributed by atoms with Gasteiger partial charge in [0.2, 0.25) is 0 Å². The number of rotatable bonds is 1. The summed E-state index contributed by atoms with van der Waals surface area (Å²) >= 11 is 0. The molecule has 0 saturated carbocycles. The predicted molar refractivity (Wildman–Crippen MR) is 112 cm³/mol. The Morgan fingerprint density at radius 1 is 0.679 bits per heavy atom. The zero-order chi connectivity index (χ0) is 18.8. The summed E-state index contributed by atoms with van der Waals surface area (Å²) < 4.78 is 2.25. The minimum absolute atomic E-state index is 0.117. The van der Waals surface area contributed by atoms with E-state index in [0.717, 1.165) is 49.7 Å². The van der Waals surface area contributed by atoms with Crippen LogP contribution in [0, 0.1) is 10.1 Å². The molecular formula is C24H14N2O2. The van der Waals surface area contributed by atoms with E-state index in [1.54, 1.807) is 12.1 Å². The molecule has 1 aliphatic heterocycles. The Morgan fingerprint density at radius 3 is 2.11 bits per heavy atom. The number of nitrogens with zero attached hydrogens (tertiary/aromatic N) is 2. The van der Waals surface area contributed by atoms with E-state index < -0.39 is 0 Å². The summed E-state index contributed by atoms with van der Waals surface area (Å²) in [6, 6.07) is 28.0. The van der Waals surface area contributed by atoms with Gasteiger partial charge in [-0.1, -0.05) is 60.7 Å². The normalized spacial score (nSPS) is 11.9. The monoisotopic (exact) mass is 362 g/mol. The Balaban J connectivity index is 1.96. The second-order valence-corrected chi connectivity index (χ2v) is 7.06. The van der Waals surface area contributed by atoms with Crippen LogP contribution in [0.4, 0.5) is 5.69 Å². The molecule has 0 spiro atoms. The zero-order valence-corrected chi connectivity index (χ0v) is 14.8. The van der Waals surface area contributed by atoms with Crippen LogP contribution >= 0.6 is 0 Å². The van der Waals surface area contributed by atoms with Crippen LogP contribution in [0.2, 0.25) is 0 Å². The van der Waals surface area contributed by atoms with Crippen molar-refractivity contribution in [1.29, 1.82) is 0 Å². The second kappa shape index (κ2) is 5.30. The summed E-state index contributed by atoms with van der Waals surface area (Å²) in [6.07, 6.45) is 0. The summed E-state index contributed by atoms with van der Waals surface area (Å²) in [5.41, 5.74) is 7.41. The zero-order valence-electron chi connectivity index (χ0n) is 14.8. The lowest BCUT2D eigenvalue weighted by molar-refractivity contribution is -0.384. The van der Waals surface area contributed by atoms with E-state index in [4.69, 9.17) is 0 Å². The fraction of sp³-hybridized carbons (Fsp3) is 0. The molecule has 0 atom stereocenters. The fourth-order valence-electron chi connectivity index (χ4n) is 4.49. The van der Waals surface area contributed by atoms with Crippen LogP contribution in [0.1, 0.15) is 0 Å². The molecule has 0 N–H and O–H groups in total. The topological polar surface area (TPSA) is 48.1 Å². The van der Waals surface area contributed by atoms with E-state index in [-0.39, 0.29) is 10.6 Å². The highest BCUT2D eigenvalue weighted by molar-refractivity contribution is 6.17. The summed E-state index contributed by atoms with van der Waals surface area (Å²) in [5.74, 6) is 0. The van der Waals surface area contributed by atoms with Gasteiger partial charge in [-0.3, -0.25) is 10.1 Å². The van der Waals surface area contributed by atoms with Crippen molar-refractivity contribution in [2.75, 3.05) is 0 Å². The first-order valence-electron chi connectivity index (χ1n) is 9.15. The molecular weight excluding hydrogens is 348 g/mol. The van der Waals surface area contributed by atoms with Crippen molar-refractivity contribution >= 4 is 27.5 Å². The van der Waals surface area contributed by atoms with Crippen LogP contribution in [-0.4, -0.2) is 9.49 Å². The van der Waals surface area contributed by atoms with E-state index in [1.807, 2.05) is 42.5 Å². The van der Waals surface area contributed by atoms with Gasteiger partial charge in [-0.2, -0.15) is 0 Å². The lowest BCUT2D eigenvalue weighted by atomic mass is 9.93. The van der Waals surface area contributed by atoms with E-state index in [0.29, 0.717) is 0 Å². The second-order valence-electron chi connectivity index (χ2n) is 7.06. The van der Waals surface area contributed by atoms with Crippen molar-refractivity contribution in [1.82, 2.24) is 4.57 Å². The molecule has 0 fully saturated rings. The van der Waals surface area contributed by atoms with Crippen molar-refractivity contribution < 1.29 is 4.92 Å². The highest BCUT2D eigenvalue weighted by Crippen LogP contribution is 2.47. The lowest BCUT2D eigenvalue weighted by Crippen LogP contribution is -1.95. The van der Waals surface area contributed by atoms with Crippen LogP contribution < -0.4 is 0 Å². The number of nitro benzene ring substituents is 1. The molecule has 1 aromatic heterocycles. The van der Waals surface area contributed by atoms with E-state index in [1.165, 1.54) is 0 Å². The SMILES string of the molecule is O=[N+]([O-])c1cc2c3c(c1)c1ccccc1n3-c1ccccc1-c1ccccc1-2. The Labute approximate surface area is 160 Å². The van der Waals surface area contributed by atoms with Gasteiger partial charge in [-0.15, -0.1) is 0 Å². The van der Waals surface area contributed by atoms with Gasteiger partial charge in [-0.25, -0.2) is 0 Å². The van der Waals surface area contributed by atoms with Crippen molar-refractivity contribution in [3.63, 3.8) is 0 Å². The number of para-hydroxylation sites is 2. The molecule has 1 aliphatic rings. The molecule has 28 heavy (non-hydrogen) atoms. The molecule has 4 nitrogen and oxygen atoms in total. The number of fused-ring (bicyclic) bond motifs is 8. The highest BCUT2D eigenvalue weighted by Gasteiger charge is 2.26. The van der Waals surface area contributed by atoms with Gasteiger partial charge in [0.05, 0.1) is 21.6 Å². The number of benzene rings is 4. The van der Waals surface area contributed by atoms with Crippen molar-refractivity contribution in [3.05, 3.63) is 95.0 Å². The maximum atomic E-state index is 11.7. The van der Waals surface area contributed by atoms with Crippen molar-refractivity contribution in [2.24, 2.45) is 0 Å². The van der Waals surface area contributed by atoms with E-state index in [2.05, 4.69) is 34.9 Å². The molecule has 2 heterocycles. The molecule has 5 aromatic rings. The van der Waals surface area contributed by atoms with Crippen molar-refractivity contribution in [3.8, 4) is 27.9 Å². The quantitative estimate of drug-likeness (QED) is 0.253. The van der Waals surface area contributed by atoms with Gasteiger partial charge < -0.3 is 4.57 Å². The molecule has 4 heteroatoms. The molecule has 4 aromatic carbocycles. The van der Waals surface area contributed by atoms with Crippen LogP contribution in [0.25, 0.3) is 49.7 Å². The summed E-state index contributed by atoms with van der Waals surface area (Å²) in [7, 11) is 0. The third-order valence-corrected chi connectivity index (χ3v) is 5.62. The molecule has 0 bridgehead atoms. The first-order valence-corrected chi connectivity index (χ1v) is 9.15. The van der Waals surface area contributed by atoms with Gasteiger partial charge in [-0.05, 0) is 23.3 Å². The van der Waals surface area contributed by atoms with E-state index in [9.17, 15) is 10.1 Å². The summed E-state index contributed by atoms with van der Waals surface area (Å²) in [5, 5.41) is 13.6. The maximum absolute atomic E-state index is 11.7. The van der Waals surface area contributed by atoms with Crippen LogP contribution in [0.5, 0.6) is 0 Å². The van der Waals surface area contributed by atoms with Crippen molar-refractivity contribution in [2.45, 2.75) is 0 Å². The van der Waals surface area contributed by atoms with Gasteiger partial charge >= 0.3 is 0 Å². The third-order valence-electron chi connectivity index (χ3n) is 5.62. The number of hydrogen-bond acceptors (Lipinski definition) is 2. The first-order chi connectivity index (χ1) is 13.7. The Morgan fingerprint density at radius 2 is 1.32 bits per heavy atom. The number of hydrogen-bond donors (Lipinski definition) is 0. The van der Waals surface area contributed by atoms with Gasteiger partial charge in [0.1, 0.15) is 0 Å². The molecule has 0 aliphatic carbocycles. The van der Waals surface area contributed by atoms with Gasteiger partial charge in [0.15, 0.2) is 0 Å². The molecule has 6 rings (SSSR count). The van der Waals surface area contributed by atoms with Gasteiger partial charge in [0.25, 0.3) is 5.69 Å². The van der Waals surface area contributed by atoms with Crippen LogP contribution in [0.3, 0.4) is 0 Å². The highest BCUT2D eigenvalue weighted by atomic mass is 16.6. The molecule has 0 unspecified atom stereocenters. The molecule has 132 valence electrons. The molecule has 0 saturated heterocycles.